The fraction of sp³-hybridized carbons (Fsp3) is 0.304. The van der Waals surface area contributed by atoms with Crippen molar-refractivity contribution in [2.45, 2.75) is 26.0 Å². The van der Waals surface area contributed by atoms with Gasteiger partial charge in [0.1, 0.15) is 5.82 Å². The number of nitrogens with one attached hydrogen (secondary N) is 1. The fourth-order valence-electron chi connectivity index (χ4n) is 3.89. The highest BCUT2D eigenvalue weighted by Gasteiger charge is 2.31. The van der Waals surface area contributed by atoms with Gasteiger partial charge in [0.15, 0.2) is 0 Å². The second-order valence-electron chi connectivity index (χ2n) is 7.21. The first kappa shape index (κ1) is 20.8. The summed E-state index contributed by atoms with van der Waals surface area (Å²) in [6, 6.07) is 16.2. The number of carbonyl (C=O) groups is 1. The third-order valence-corrected chi connectivity index (χ3v) is 7.00. The van der Waals surface area contributed by atoms with E-state index in [1.54, 1.807) is 16.4 Å². The van der Waals surface area contributed by atoms with Crippen LogP contribution in [0, 0.1) is 6.92 Å². The van der Waals surface area contributed by atoms with Crippen LogP contribution < -0.4 is 10.2 Å². The predicted molar refractivity (Wildman–Crippen MR) is 126 cm³/mol. The Morgan fingerprint density at radius 3 is 2.53 bits per heavy atom. The van der Waals surface area contributed by atoms with Gasteiger partial charge in [0.2, 0.25) is 5.91 Å². The maximum Gasteiger partial charge on any atom is 0.235 e. The van der Waals surface area contributed by atoms with Crippen LogP contribution in [0.15, 0.2) is 48.5 Å². The molecule has 4 rings (SSSR count). The zero-order valence-electron chi connectivity index (χ0n) is 17.4. The number of para-hydroxylation sites is 1. The minimum atomic E-state index is -0.0308. The van der Waals surface area contributed by atoms with Crippen LogP contribution in [0.2, 0.25) is 5.02 Å². The SMILES string of the molecule is CCN(CC)c1ccc(C2SCC(=O)Nc3c2c(C)nn3-c2ccccc2Cl)cc1. The van der Waals surface area contributed by atoms with E-state index in [2.05, 4.69) is 48.3 Å². The van der Waals surface area contributed by atoms with E-state index in [4.69, 9.17) is 16.7 Å². The molecule has 1 aromatic heterocycles. The fourth-order valence-corrected chi connectivity index (χ4v) is 5.30. The summed E-state index contributed by atoms with van der Waals surface area (Å²) < 4.78 is 1.76. The molecule has 0 aliphatic carbocycles. The summed E-state index contributed by atoms with van der Waals surface area (Å²) >= 11 is 8.06. The molecular weight excluding hydrogens is 416 g/mol. The molecular formula is C23H25ClN4OS. The molecule has 5 nitrogen and oxygen atoms in total. The van der Waals surface area contributed by atoms with E-state index in [9.17, 15) is 4.79 Å². The molecule has 1 amide bonds. The molecule has 30 heavy (non-hydrogen) atoms. The number of carbonyl (C=O) groups excluding carboxylic acids is 1. The van der Waals surface area contributed by atoms with E-state index in [1.165, 1.54) is 5.69 Å². The largest absolute Gasteiger partial charge is 0.372 e. The molecule has 7 heteroatoms. The van der Waals surface area contributed by atoms with Crippen LogP contribution in [0.3, 0.4) is 0 Å². The molecule has 1 atom stereocenters. The number of rotatable bonds is 5. The van der Waals surface area contributed by atoms with Crippen molar-refractivity contribution in [3.8, 4) is 5.69 Å². The minimum absolute atomic E-state index is 0.0148. The van der Waals surface area contributed by atoms with Crippen LogP contribution >= 0.6 is 23.4 Å². The lowest BCUT2D eigenvalue weighted by Crippen LogP contribution is -2.21. The first-order chi connectivity index (χ1) is 14.5. The van der Waals surface area contributed by atoms with Gasteiger partial charge in [0, 0.05) is 24.3 Å². The van der Waals surface area contributed by atoms with Gasteiger partial charge in [-0.15, -0.1) is 11.8 Å². The normalized spacial score (nSPS) is 16.0. The van der Waals surface area contributed by atoms with Gasteiger partial charge in [-0.25, -0.2) is 4.68 Å². The average Bonchev–Trinajstić information content (AvgIpc) is 2.95. The summed E-state index contributed by atoms with van der Waals surface area (Å²) in [4.78, 5) is 14.8. The van der Waals surface area contributed by atoms with Gasteiger partial charge in [-0.3, -0.25) is 4.79 Å². The lowest BCUT2D eigenvalue weighted by Gasteiger charge is -2.22. The molecule has 0 radical (unpaired) electrons. The van der Waals surface area contributed by atoms with Crippen molar-refractivity contribution >= 4 is 40.8 Å². The molecule has 3 aromatic rings. The van der Waals surface area contributed by atoms with Gasteiger partial charge in [-0.2, -0.15) is 5.10 Å². The highest BCUT2D eigenvalue weighted by Crippen LogP contribution is 2.44. The summed E-state index contributed by atoms with van der Waals surface area (Å²) in [6.07, 6.45) is 0. The molecule has 2 aromatic carbocycles. The number of nitrogens with zero attached hydrogens (tertiary/aromatic N) is 3. The molecule has 0 saturated heterocycles. The van der Waals surface area contributed by atoms with Gasteiger partial charge >= 0.3 is 0 Å². The molecule has 2 heterocycles. The second-order valence-corrected chi connectivity index (χ2v) is 8.71. The van der Waals surface area contributed by atoms with Crippen molar-refractivity contribution in [1.82, 2.24) is 9.78 Å². The first-order valence-corrected chi connectivity index (χ1v) is 11.6. The molecule has 1 aliphatic rings. The molecule has 0 fully saturated rings. The predicted octanol–water partition coefficient (Wildman–Crippen LogP) is 5.46. The lowest BCUT2D eigenvalue weighted by atomic mass is 10.0. The maximum atomic E-state index is 12.5. The van der Waals surface area contributed by atoms with Crippen molar-refractivity contribution in [2.75, 3.05) is 29.1 Å². The molecule has 1 unspecified atom stereocenters. The quantitative estimate of drug-likeness (QED) is 0.572. The van der Waals surface area contributed by atoms with E-state index in [0.717, 1.165) is 35.6 Å². The van der Waals surface area contributed by atoms with E-state index < -0.39 is 0 Å². The van der Waals surface area contributed by atoms with Crippen LogP contribution in [0.4, 0.5) is 11.5 Å². The topological polar surface area (TPSA) is 50.2 Å². The van der Waals surface area contributed by atoms with Crippen LogP contribution in [-0.2, 0) is 4.79 Å². The Morgan fingerprint density at radius 2 is 1.87 bits per heavy atom. The minimum Gasteiger partial charge on any atom is -0.372 e. The number of hydrogen-bond donors (Lipinski definition) is 1. The average molecular weight is 441 g/mol. The Hall–Kier alpha value is -2.44. The van der Waals surface area contributed by atoms with Gasteiger partial charge in [0.05, 0.1) is 27.4 Å². The van der Waals surface area contributed by atoms with E-state index >= 15 is 0 Å². The molecule has 1 N–H and O–H groups in total. The molecule has 0 bridgehead atoms. The first-order valence-electron chi connectivity index (χ1n) is 10.1. The van der Waals surface area contributed by atoms with Crippen molar-refractivity contribution in [1.29, 1.82) is 0 Å². The number of fused-ring (bicyclic) bond motifs is 1. The Kier molecular flexibility index (Phi) is 6.06. The van der Waals surface area contributed by atoms with Crippen molar-refractivity contribution in [2.24, 2.45) is 0 Å². The highest BCUT2D eigenvalue weighted by atomic mass is 35.5. The van der Waals surface area contributed by atoms with Crippen LogP contribution in [-0.4, -0.2) is 34.5 Å². The van der Waals surface area contributed by atoms with E-state index in [1.807, 2.05) is 31.2 Å². The smallest absolute Gasteiger partial charge is 0.235 e. The van der Waals surface area contributed by atoms with E-state index in [0.29, 0.717) is 16.6 Å². The summed E-state index contributed by atoms with van der Waals surface area (Å²) in [5, 5.41) is 8.41. The van der Waals surface area contributed by atoms with Crippen molar-refractivity contribution in [3.63, 3.8) is 0 Å². The summed E-state index contributed by atoms with van der Waals surface area (Å²) in [7, 11) is 0. The lowest BCUT2D eigenvalue weighted by molar-refractivity contribution is -0.113. The van der Waals surface area contributed by atoms with E-state index in [-0.39, 0.29) is 11.2 Å². The van der Waals surface area contributed by atoms with Gasteiger partial charge in [0.25, 0.3) is 0 Å². The Bertz CT molecular complexity index is 1060. The van der Waals surface area contributed by atoms with Crippen LogP contribution in [0.25, 0.3) is 5.69 Å². The molecule has 156 valence electrons. The zero-order valence-corrected chi connectivity index (χ0v) is 18.9. The van der Waals surface area contributed by atoms with Gasteiger partial charge in [-0.05, 0) is 50.6 Å². The molecule has 1 aliphatic heterocycles. The summed E-state index contributed by atoms with van der Waals surface area (Å²) in [5.41, 5.74) is 5.04. The number of benzene rings is 2. The number of aromatic nitrogens is 2. The van der Waals surface area contributed by atoms with Crippen molar-refractivity contribution in [3.05, 3.63) is 70.4 Å². The molecule has 0 spiro atoms. The number of halogens is 1. The summed E-state index contributed by atoms with van der Waals surface area (Å²) in [5.74, 6) is 1.06. The number of amides is 1. The number of anilines is 2. The standard InChI is InChI=1S/C23H25ClN4OS/c1-4-27(5-2)17-12-10-16(11-13-17)22-21-15(3)26-28(19-9-7-6-8-18(19)24)23(21)25-20(29)14-30-22/h6-13,22H,4-5,14H2,1-3H3,(H,25,29). The second kappa shape index (κ2) is 8.74. The number of aryl methyl sites for hydroxylation is 1. The zero-order chi connectivity index (χ0) is 21.3. The van der Waals surface area contributed by atoms with Crippen molar-refractivity contribution < 1.29 is 4.79 Å². The van der Waals surface area contributed by atoms with Crippen LogP contribution in [0.5, 0.6) is 0 Å². The van der Waals surface area contributed by atoms with Gasteiger partial charge in [-0.1, -0.05) is 35.9 Å². The Morgan fingerprint density at radius 1 is 1.17 bits per heavy atom. The summed E-state index contributed by atoms with van der Waals surface area (Å²) in [6.45, 7) is 8.26. The number of thioether (sulfide) groups is 1. The Balaban J connectivity index is 1.80. The maximum absolute atomic E-state index is 12.5. The van der Waals surface area contributed by atoms with Gasteiger partial charge < -0.3 is 10.2 Å². The Labute approximate surface area is 186 Å². The number of hydrogen-bond acceptors (Lipinski definition) is 4. The highest BCUT2D eigenvalue weighted by molar-refractivity contribution is 8.00. The molecule has 0 saturated carbocycles. The third-order valence-electron chi connectivity index (χ3n) is 5.41. The van der Waals surface area contributed by atoms with Crippen LogP contribution in [0.1, 0.15) is 35.9 Å². The third kappa shape index (κ3) is 3.82. The monoisotopic (exact) mass is 440 g/mol.